The molecule has 0 saturated carbocycles. The Morgan fingerprint density at radius 3 is 2.76 bits per heavy atom. The second kappa shape index (κ2) is 7.45. The molecule has 0 saturated heterocycles. The molecular formula is C16H15ClN2O2. The highest BCUT2D eigenvalue weighted by Crippen LogP contribution is 2.21. The predicted octanol–water partition coefficient (Wildman–Crippen LogP) is 3.50. The zero-order chi connectivity index (χ0) is 15.1. The van der Waals surface area contributed by atoms with Crippen LogP contribution in [0.3, 0.4) is 0 Å². The standard InChI is InChI=1S/C16H15ClN2O2/c1-2-21-15-9-8-14(17)10-13(15)11-18-19-16(20)12-6-4-3-5-7-12/h3-11H,2H2,1H3,(H,19,20)/b18-11+. The van der Waals surface area contributed by atoms with Crippen LogP contribution in [0.4, 0.5) is 0 Å². The Morgan fingerprint density at radius 2 is 2.05 bits per heavy atom. The van der Waals surface area contributed by atoms with Gasteiger partial charge < -0.3 is 4.74 Å². The van der Waals surface area contributed by atoms with Crippen LogP contribution < -0.4 is 10.2 Å². The molecule has 0 atom stereocenters. The molecular weight excluding hydrogens is 288 g/mol. The van der Waals surface area contributed by atoms with E-state index in [4.69, 9.17) is 16.3 Å². The van der Waals surface area contributed by atoms with E-state index in [0.29, 0.717) is 28.5 Å². The molecule has 0 radical (unpaired) electrons. The van der Waals surface area contributed by atoms with Crippen molar-refractivity contribution in [2.75, 3.05) is 6.61 Å². The number of rotatable bonds is 5. The van der Waals surface area contributed by atoms with Crippen LogP contribution in [0.15, 0.2) is 53.6 Å². The molecule has 2 rings (SSSR count). The van der Waals surface area contributed by atoms with Crippen LogP contribution in [-0.4, -0.2) is 18.7 Å². The molecule has 0 bridgehead atoms. The molecule has 0 heterocycles. The number of hydrazone groups is 1. The van der Waals surface area contributed by atoms with E-state index >= 15 is 0 Å². The van der Waals surface area contributed by atoms with Gasteiger partial charge in [-0.25, -0.2) is 5.43 Å². The maximum Gasteiger partial charge on any atom is 0.271 e. The van der Waals surface area contributed by atoms with Gasteiger partial charge in [-0.3, -0.25) is 4.79 Å². The summed E-state index contributed by atoms with van der Waals surface area (Å²) in [5.74, 6) is 0.395. The number of nitrogens with one attached hydrogen (secondary N) is 1. The van der Waals surface area contributed by atoms with Crippen molar-refractivity contribution in [1.82, 2.24) is 5.43 Å². The normalized spacial score (nSPS) is 10.6. The van der Waals surface area contributed by atoms with Crippen LogP contribution in [0, 0.1) is 0 Å². The van der Waals surface area contributed by atoms with Gasteiger partial charge >= 0.3 is 0 Å². The zero-order valence-corrected chi connectivity index (χ0v) is 12.3. The van der Waals surface area contributed by atoms with Gasteiger partial charge in [-0.05, 0) is 37.3 Å². The highest BCUT2D eigenvalue weighted by atomic mass is 35.5. The van der Waals surface area contributed by atoms with Crippen molar-refractivity contribution in [3.63, 3.8) is 0 Å². The number of nitrogens with zero attached hydrogens (tertiary/aromatic N) is 1. The molecule has 1 amide bonds. The average Bonchev–Trinajstić information content (AvgIpc) is 2.51. The van der Waals surface area contributed by atoms with Gasteiger partial charge in [0.25, 0.3) is 5.91 Å². The molecule has 108 valence electrons. The molecule has 0 spiro atoms. The maximum atomic E-state index is 11.8. The molecule has 21 heavy (non-hydrogen) atoms. The van der Waals surface area contributed by atoms with Gasteiger partial charge in [0.2, 0.25) is 0 Å². The fraction of sp³-hybridized carbons (Fsp3) is 0.125. The van der Waals surface area contributed by atoms with Crippen molar-refractivity contribution in [3.8, 4) is 5.75 Å². The summed E-state index contributed by atoms with van der Waals surface area (Å²) in [7, 11) is 0. The van der Waals surface area contributed by atoms with E-state index in [2.05, 4.69) is 10.5 Å². The first kappa shape index (κ1) is 15.1. The number of halogens is 1. The monoisotopic (exact) mass is 302 g/mol. The first-order chi connectivity index (χ1) is 10.2. The first-order valence-corrected chi connectivity index (χ1v) is 6.89. The first-order valence-electron chi connectivity index (χ1n) is 6.51. The number of hydrogen-bond donors (Lipinski definition) is 1. The molecule has 0 aliphatic carbocycles. The molecule has 0 aromatic heterocycles. The van der Waals surface area contributed by atoms with E-state index in [1.807, 2.05) is 13.0 Å². The molecule has 2 aromatic carbocycles. The quantitative estimate of drug-likeness (QED) is 0.679. The smallest absolute Gasteiger partial charge is 0.271 e. The van der Waals surface area contributed by atoms with Crippen LogP contribution in [0.1, 0.15) is 22.8 Å². The summed E-state index contributed by atoms with van der Waals surface area (Å²) < 4.78 is 5.47. The van der Waals surface area contributed by atoms with Crippen molar-refractivity contribution in [1.29, 1.82) is 0 Å². The number of hydrogen-bond acceptors (Lipinski definition) is 3. The third-order valence-electron chi connectivity index (χ3n) is 2.68. The molecule has 0 aliphatic heterocycles. The zero-order valence-electron chi connectivity index (χ0n) is 11.5. The lowest BCUT2D eigenvalue weighted by Gasteiger charge is -2.07. The second-order valence-corrected chi connectivity index (χ2v) is 4.62. The van der Waals surface area contributed by atoms with Gasteiger partial charge in [0, 0.05) is 16.1 Å². The van der Waals surface area contributed by atoms with E-state index in [-0.39, 0.29) is 5.91 Å². The molecule has 0 fully saturated rings. The Hall–Kier alpha value is -2.33. The summed E-state index contributed by atoms with van der Waals surface area (Å²) in [5.41, 5.74) is 3.72. The summed E-state index contributed by atoms with van der Waals surface area (Å²) in [4.78, 5) is 11.8. The summed E-state index contributed by atoms with van der Waals surface area (Å²) in [5, 5.41) is 4.52. The number of amides is 1. The predicted molar refractivity (Wildman–Crippen MR) is 84.1 cm³/mol. The topological polar surface area (TPSA) is 50.7 Å². The minimum absolute atomic E-state index is 0.271. The lowest BCUT2D eigenvalue weighted by atomic mass is 10.2. The van der Waals surface area contributed by atoms with E-state index < -0.39 is 0 Å². The number of carbonyl (C=O) groups excluding carboxylic acids is 1. The van der Waals surface area contributed by atoms with Crippen LogP contribution in [0.2, 0.25) is 5.02 Å². The summed E-state index contributed by atoms with van der Waals surface area (Å²) in [6.07, 6.45) is 1.51. The largest absolute Gasteiger partial charge is 0.493 e. The van der Waals surface area contributed by atoms with E-state index in [1.54, 1.807) is 42.5 Å². The van der Waals surface area contributed by atoms with Gasteiger partial charge in [-0.15, -0.1) is 0 Å². The van der Waals surface area contributed by atoms with Crippen LogP contribution in [0.5, 0.6) is 5.75 Å². The van der Waals surface area contributed by atoms with Gasteiger partial charge in [0.05, 0.1) is 12.8 Å². The Kier molecular flexibility index (Phi) is 5.35. The number of carbonyl (C=O) groups is 1. The fourth-order valence-corrected chi connectivity index (χ4v) is 1.90. The molecule has 0 aliphatic rings. The summed E-state index contributed by atoms with van der Waals surface area (Å²) >= 11 is 5.95. The van der Waals surface area contributed by atoms with Gasteiger partial charge in [0.1, 0.15) is 5.75 Å². The van der Waals surface area contributed by atoms with Crippen LogP contribution in [0.25, 0.3) is 0 Å². The third kappa shape index (κ3) is 4.33. The minimum Gasteiger partial charge on any atom is -0.493 e. The maximum absolute atomic E-state index is 11.8. The summed E-state index contributed by atoms with van der Waals surface area (Å²) in [6, 6.07) is 14.1. The van der Waals surface area contributed by atoms with E-state index in [0.717, 1.165) is 0 Å². The highest BCUT2D eigenvalue weighted by molar-refractivity contribution is 6.30. The molecule has 4 nitrogen and oxygen atoms in total. The SMILES string of the molecule is CCOc1ccc(Cl)cc1/C=N/NC(=O)c1ccccc1. The Balaban J connectivity index is 2.07. The molecule has 0 unspecified atom stereocenters. The lowest BCUT2D eigenvalue weighted by molar-refractivity contribution is 0.0955. The van der Waals surface area contributed by atoms with Gasteiger partial charge in [-0.1, -0.05) is 29.8 Å². The Labute approximate surface area is 128 Å². The average molecular weight is 303 g/mol. The highest BCUT2D eigenvalue weighted by Gasteiger charge is 2.04. The number of ether oxygens (including phenoxy) is 1. The van der Waals surface area contributed by atoms with Crippen molar-refractivity contribution in [2.45, 2.75) is 6.92 Å². The minimum atomic E-state index is -0.271. The van der Waals surface area contributed by atoms with E-state index in [1.165, 1.54) is 6.21 Å². The summed E-state index contributed by atoms with van der Waals surface area (Å²) in [6.45, 7) is 2.44. The van der Waals surface area contributed by atoms with Crippen molar-refractivity contribution >= 4 is 23.7 Å². The van der Waals surface area contributed by atoms with Gasteiger partial charge in [-0.2, -0.15) is 5.10 Å². The molecule has 5 heteroatoms. The lowest BCUT2D eigenvalue weighted by Crippen LogP contribution is -2.17. The second-order valence-electron chi connectivity index (χ2n) is 4.18. The van der Waals surface area contributed by atoms with Crippen molar-refractivity contribution in [3.05, 3.63) is 64.7 Å². The van der Waals surface area contributed by atoms with Gasteiger partial charge in [0.15, 0.2) is 0 Å². The molecule has 2 aromatic rings. The van der Waals surface area contributed by atoms with Crippen LogP contribution >= 0.6 is 11.6 Å². The van der Waals surface area contributed by atoms with Crippen LogP contribution in [-0.2, 0) is 0 Å². The third-order valence-corrected chi connectivity index (χ3v) is 2.91. The number of benzene rings is 2. The molecule has 1 N–H and O–H groups in total. The van der Waals surface area contributed by atoms with Crippen molar-refractivity contribution in [2.24, 2.45) is 5.10 Å². The van der Waals surface area contributed by atoms with E-state index in [9.17, 15) is 4.79 Å². The fourth-order valence-electron chi connectivity index (χ4n) is 1.72. The Bertz CT molecular complexity index is 642. The Morgan fingerprint density at radius 1 is 1.29 bits per heavy atom. The van der Waals surface area contributed by atoms with Crippen molar-refractivity contribution < 1.29 is 9.53 Å².